The highest BCUT2D eigenvalue weighted by Crippen LogP contribution is 2.04. The smallest absolute Gasteiger partial charge is 0.173 e. The zero-order chi connectivity index (χ0) is 8.27. The molecule has 0 aliphatic carbocycles. The fourth-order valence-corrected chi connectivity index (χ4v) is 1.04. The quantitative estimate of drug-likeness (QED) is 0.549. The van der Waals surface area contributed by atoms with Gasteiger partial charge in [0.2, 0.25) is 0 Å². The Morgan fingerprint density at radius 3 is 2.36 bits per heavy atom. The summed E-state index contributed by atoms with van der Waals surface area (Å²) in [4.78, 5) is 11.0. The highest BCUT2D eigenvalue weighted by Gasteiger charge is 2.01. The second kappa shape index (κ2) is 3.62. The topological polar surface area (TPSA) is 17.1 Å². The maximum atomic E-state index is 12.3. The van der Waals surface area contributed by atoms with Gasteiger partial charge in [-0.1, -0.05) is 15.9 Å². The van der Waals surface area contributed by atoms with Crippen LogP contribution < -0.4 is 0 Å². The Morgan fingerprint density at radius 2 is 1.91 bits per heavy atom. The fourth-order valence-electron chi connectivity index (χ4n) is 0.713. The molecule has 0 spiro atoms. The summed E-state index contributed by atoms with van der Waals surface area (Å²) in [5.41, 5.74) is 0.531. The predicted molar refractivity (Wildman–Crippen MR) is 44.5 cm³/mol. The van der Waals surface area contributed by atoms with Crippen molar-refractivity contribution in [3.63, 3.8) is 0 Å². The molecule has 0 N–H and O–H groups in total. The number of Topliss-reactive ketones (excluding diaryl/α,β-unsaturated/α-hetero) is 1. The lowest BCUT2D eigenvalue weighted by atomic mass is 10.1. The van der Waals surface area contributed by atoms with E-state index in [4.69, 9.17) is 0 Å². The highest BCUT2D eigenvalue weighted by atomic mass is 79.9. The Labute approximate surface area is 72.4 Å². The Kier molecular flexibility index (Phi) is 2.76. The van der Waals surface area contributed by atoms with Crippen molar-refractivity contribution in [2.75, 3.05) is 5.33 Å². The molecule has 0 heterocycles. The number of benzene rings is 1. The summed E-state index contributed by atoms with van der Waals surface area (Å²) in [6.45, 7) is 0. The minimum atomic E-state index is -0.323. The van der Waals surface area contributed by atoms with E-state index in [-0.39, 0.29) is 16.9 Å². The van der Waals surface area contributed by atoms with E-state index in [9.17, 15) is 9.18 Å². The third-order valence-electron chi connectivity index (χ3n) is 1.29. The molecule has 0 bridgehead atoms. The maximum Gasteiger partial charge on any atom is 0.173 e. The van der Waals surface area contributed by atoms with Crippen molar-refractivity contribution in [3.8, 4) is 0 Å². The van der Waals surface area contributed by atoms with Crippen LogP contribution in [0.1, 0.15) is 10.4 Å². The first-order valence-electron chi connectivity index (χ1n) is 3.09. The lowest BCUT2D eigenvalue weighted by Gasteiger charge is -1.94. The molecule has 0 saturated heterocycles. The van der Waals surface area contributed by atoms with Crippen molar-refractivity contribution in [2.24, 2.45) is 0 Å². The molecule has 0 aromatic heterocycles. The average Bonchev–Trinajstić information content (AvgIpc) is 2.05. The largest absolute Gasteiger partial charge is 0.293 e. The molecule has 0 unspecified atom stereocenters. The van der Waals surface area contributed by atoms with Crippen LogP contribution in [0.2, 0.25) is 0 Å². The number of carbonyl (C=O) groups excluding carboxylic acids is 1. The Morgan fingerprint density at radius 1 is 1.36 bits per heavy atom. The van der Waals surface area contributed by atoms with Crippen molar-refractivity contribution in [1.82, 2.24) is 0 Å². The minimum absolute atomic E-state index is 0.0370. The number of hydrogen-bond donors (Lipinski definition) is 0. The zero-order valence-electron chi connectivity index (χ0n) is 5.68. The number of alkyl halides is 1. The van der Waals surface area contributed by atoms with Crippen molar-refractivity contribution in [2.45, 2.75) is 0 Å². The fraction of sp³-hybridized carbons (Fsp3) is 0.125. The van der Waals surface area contributed by atoms with Crippen LogP contribution in [-0.2, 0) is 0 Å². The summed E-state index contributed by atoms with van der Waals surface area (Å²) in [6.07, 6.45) is 0. The normalized spacial score (nSPS) is 9.64. The van der Waals surface area contributed by atoms with E-state index in [1.54, 1.807) is 0 Å². The maximum absolute atomic E-state index is 12.3. The first kappa shape index (κ1) is 8.40. The van der Waals surface area contributed by atoms with Crippen LogP contribution in [0.25, 0.3) is 0 Å². The predicted octanol–water partition coefficient (Wildman–Crippen LogP) is 2.40. The molecule has 11 heavy (non-hydrogen) atoms. The molecular weight excluding hydrogens is 211 g/mol. The lowest BCUT2D eigenvalue weighted by molar-refractivity contribution is 0.102. The minimum Gasteiger partial charge on any atom is -0.293 e. The van der Waals surface area contributed by atoms with Gasteiger partial charge in [0.15, 0.2) is 5.78 Å². The summed E-state index contributed by atoms with van der Waals surface area (Å²) in [5, 5.41) is 0.276. The molecular formula is C8H6BrFO. The summed E-state index contributed by atoms with van der Waals surface area (Å²) >= 11 is 3.03. The molecule has 0 atom stereocenters. The molecule has 1 aromatic carbocycles. The standard InChI is InChI=1S/C8H6BrFO/c9-5-8(11)6-1-3-7(10)4-2-6/h1-4H,5H2/i10+0. The SMILES string of the molecule is O=C(CBr)c1ccc([19F])cc1. The average molecular weight is 217 g/mol. The molecule has 0 fully saturated rings. The number of rotatable bonds is 2. The molecule has 1 rings (SSSR count). The highest BCUT2D eigenvalue weighted by molar-refractivity contribution is 9.09. The van der Waals surface area contributed by atoms with Gasteiger partial charge >= 0.3 is 0 Å². The van der Waals surface area contributed by atoms with Crippen molar-refractivity contribution >= 4 is 21.7 Å². The van der Waals surface area contributed by atoms with E-state index in [1.807, 2.05) is 0 Å². The van der Waals surface area contributed by atoms with Crippen LogP contribution in [0.3, 0.4) is 0 Å². The first-order chi connectivity index (χ1) is 5.24. The van der Waals surface area contributed by atoms with Gasteiger partial charge in [-0.3, -0.25) is 4.79 Å². The summed E-state index contributed by atoms with van der Waals surface area (Å²) in [5.74, 6) is -0.360. The summed E-state index contributed by atoms with van der Waals surface area (Å²) < 4.78 is 12.3. The van der Waals surface area contributed by atoms with Gasteiger partial charge in [0, 0.05) is 5.56 Å². The van der Waals surface area contributed by atoms with Gasteiger partial charge in [0.05, 0.1) is 5.33 Å². The van der Waals surface area contributed by atoms with Gasteiger partial charge in [-0.05, 0) is 24.3 Å². The second-order valence-electron chi connectivity index (χ2n) is 2.06. The zero-order valence-corrected chi connectivity index (χ0v) is 7.27. The van der Waals surface area contributed by atoms with E-state index >= 15 is 0 Å². The van der Waals surface area contributed by atoms with Crippen LogP contribution in [0.4, 0.5) is 4.39 Å². The van der Waals surface area contributed by atoms with Crippen molar-refractivity contribution in [3.05, 3.63) is 35.6 Å². The molecule has 0 aliphatic heterocycles. The second-order valence-corrected chi connectivity index (χ2v) is 2.62. The Bertz CT molecular complexity index is 255. The van der Waals surface area contributed by atoms with Crippen molar-refractivity contribution < 1.29 is 9.18 Å². The van der Waals surface area contributed by atoms with Gasteiger partial charge in [-0.2, -0.15) is 0 Å². The molecule has 0 radical (unpaired) electrons. The van der Waals surface area contributed by atoms with Gasteiger partial charge in [-0.15, -0.1) is 0 Å². The number of halogens is 2. The first-order valence-corrected chi connectivity index (χ1v) is 4.21. The van der Waals surface area contributed by atoms with E-state index in [0.717, 1.165) is 0 Å². The van der Waals surface area contributed by atoms with Gasteiger partial charge in [-0.25, -0.2) is 4.39 Å². The molecule has 1 aromatic rings. The molecule has 3 heteroatoms. The van der Waals surface area contributed by atoms with Crippen LogP contribution >= 0.6 is 15.9 Å². The van der Waals surface area contributed by atoms with Crippen LogP contribution in [0, 0.1) is 5.82 Å². The monoisotopic (exact) mass is 216 g/mol. The lowest BCUT2D eigenvalue weighted by Crippen LogP contribution is -1.98. The summed E-state index contributed by atoms with van der Waals surface area (Å²) in [6, 6.07) is 5.49. The number of carbonyl (C=O) groups is 1. The third-order valence-corrected chi connectivity index (χ3v) is 1.80. The van der Waals surface area contributed by atoms with Crippen LogP contribution in [-0.4, -0.2) is 11.1 Å². The third kappa shape index (κ3) is 2.12. The Hall–Kier alpha value is -0.700. The van der Waals surface area contributed by atoms with Crippen LogP contribution in [0.15, 0.2) is 24.3 Å². The van der Waals surface area contributed by atoms with E-state index in [0.29, 0.717) is 5.56 Å². The Balaban J connectivity index is 2.90. The molecule has 0 saturated carbocycles. The molecule has 0 aliphatic rings. The van der Waals surface area contributed by atoms with E-state index in [2.05, 4.69) is 15.9 Å². The number of hydrogen-bond acceptors (Lipinski definition) is 1. The molecule has 0 amide bonds. The van der Waals surface area contributed by atoms with Gasteiger partial charge in [0.25, 0.3) is 0 Å². The van der Waals surface area contributed by atoms with Gasteiger partial charge in [0.1, 0.15) is 5.82 Å². The van der Waals surface area contributed by atoms with Crippen molar-refractivity contribution in [1.29, 1.82) is 0 Å². The van der Waals surface area contributed by atoms with E-state index in [1.165, 1.54) is 24.3 Å². The van der Waals surface area contributed by atoms with Crippen LogP contribution in [0.5, 0.6) is 0 Å². The van der Waals surface area contributed by atoms with E-state index < -0.39 is 0 Å². The number of ketones is 1. The van der Waals surface area contributed by atoms with Gasteiger partial charge < -0.3 is 0 Å². The molecule has 1 nitrogen and oxygen atoms in total. The summed E-state index contributed by atoms with van der Waals surface area (Å²) in [7, 11) is 0. The molecule has 58 valence electrons.